The molecule has 0 unspecified atom stereocenters. The highest BCUT2D eigenvalue weighted by molar-refractivity contribution is 7.80. The summed E-state index contributed by atoms with van der Waals surface area (Å²) >= 11 is 8.43. The van der Waals surface area contributed by atoms with Crippen LogP contribution in [0.4, 0.5) is 10.5 Å². The van der Waals surface area contributed by atoms with Gasteiger partial charge in [0.15, 0.2) is 0 Å². The third kappa shape index (κ3) is 15.8. The van der Waals surface area contributed by atoms with Crippen LogP contribution >= 0.6 is 25.3 Å². The van der Waals surface area contributed by atoms with Crippen molar-refractivity contribution in [3.63, 3.8) is 0 Å². The smallest absolute Gasteiger partial charge is 0.411 e. The van der Waals surface area contributed by atoms with Gasteiger partial charge >= 0.3 is 6.09 Å². The van der Waals surface area contributed by atoms with Crippen molar-refractivity contribution < 1.29 is 9.53 Å². The molecule has 0 fully saturated rings. The molecule has 1 aromatic rings. The van der Waals surface area contributed by atoms with Crippen molar-refractivity contribution in [2.24, 2.45) is 0 Å². The number of ether oxygens (including phenoxy) is 1. The highest BCUT2D eigenvalue weighted by Crippen LogP contribution is 2.14. The predicted octanol–water partition coefficient (Wildman–Crippen LogP) is 5.59. The lowest BCUT2D eigenvalue weighted by atomic mass is 10.1. The fourth-order valence-corrected chi connectivity index (χ4v) is 3.72. The molecule has 1 rings (SSSR count). The number of carbonyl (C=O) groups is 1. The number of nitrogens with one attached hydrogen (secondary N) is 3. The molecule has 0 aliphatic carbocycles. The number of hydrogen-bond acceptors (Lipinski definition) is 7. The van der Waals surface area contributed by atoms with E-state index in [2.05, 4.69) is 53.1 Å². The maximum absolute atomic E-state index is 12.2. The molecule has 0 aliphatic heterocycles. The Morgan fingerprint density at radius 3 is 1.84 bits per heavy atom. The van der Waals surface area contributed by atoms with E-state index in [-0.39, 0.29) is 0 Å². The zero-order valence-corrected chi connectivity index (χ0v) is 21.6. The second-order valence-electron chi connectivity index (χ2n) is 8.08. The first-order valence-corrected chi connectivity index (χ1v) is 13.5. The lowest BCUT2D eigenvalue weighted by Gasteiger charge is -2.12. The fourth-order valence-electron chi connectivity index (χ4n) is 3.40. The summed E-state index contributed by atoms with van der Waals surface area (Å²) < 4.78 is 5.37. The Balaban J connectivity index is 2.30. The van der Waals surface area contributed by atoms with Gasteiger partial charge in [0.25, 0.3) is 0 Å². The molecule has 3 N–H and O–H groups in total. The van der Waals surface area contributed by atoms with Gasteiger partial charge in [-0.2, -0.15) is 25.3 Å². The van der Waals surface area contributed by atoms with Crippen LogP contribution in [0.25, 0.3) is 0 Å². The van der Waals surface area contributed by atoms with E-state index in [1.54, 1.807) is 0 Å². The highest BCUT2D eigenvalue weighted by atomic mass is 32.1. The fraction of sp³-hybridized carbons (Fsp3) is 0.750. The molecule has 184 valence electrons. The van der Waals surface area contributed by atoms with Gasteiger partial charge in [-0.1, -0.05) is 64.7 Å². The molecule has 0 spiro atoms. The molecule has 0 aliphatic rings. The Labute approximate surface area is 206 Å². The van der Waals surface area contributed by atoms with E-state index in [4.69, 9.17) is 4.74 Å². The van der Waals surface area contributed by atoms with E-state index in [0.717, 1.165) is 48.8 Å². The van der Waals surface area contributed by atoms with Crippen LogP contribution in [0.15, 0.2) is 12.1 Å². The third-order valence-corrected chi connectivity index (χ3v) is 5.55. The molecule has 6 nitrogen and oxygen atoms in total. The molecule has 0 radical (unpaired) electrons. The summed E-state index contributed by atoms with van der Waals surface area (Å²) in [6.07, 6.45) is 12.2. The third-order valence-electron chi connectivity index (χ3n) is 5.10. The van der Waals surface area contributed by atoms with E-state index < -0.39 is 6.09 Å². The monoisotopic (exact) mass is 484 g/mol. The van der Waals surface area contributed by atoms with Gasteiger partial charge in [-0.05, 0) is 18.6 Å². The average Bonchev–Trinajstić information content (AvgIpc) is 2.78. The van der Waals surface area contributed by atoms with Crippen LogP contribution in [0.2, 0.25) is 0 Å². The molecule has 32 heavy (non-hydrogen) atoms. The number of thiol groups is 2. The predicted molar refractivity (Wildman–Crippen MR) is 142 cm³/mol. The number of anilines is 1. The Kier molecular flexibility index (Phi) is 18.7. The van der Waals surface area contributed by atoms with Crippen LogP contribution < -0.4 is 16.0 Å². The van der Waals surface area contributed by atoms with Crippen LogP contribution in [-0.4, -0.2) is 42.3 Å². The maximum atomic E-state index is 12.2. The minimum Gasteiger partial charge on any atom is -0.449 e. The number of nitrogens with zero attached hydrogens (tertiary/aromatic N) is 1. The molecule has 1 amide bonds. The number of amides is 1. The summed E-state index contributed by atoms with van der Waals surface area (Å²) in [6.45, 7) is 5.57. The Bertz CT molecular complexity index is 577. The Morgan fingerprint density at radius 1 is 0.844 bits per heavy atom. The summed E-state index contributed by atoms with van der Waals surface area (Å²) in [4.78, 5) is 16.9. The van der Waals surface area contributed by atoms with Crippen molar-refractivity contribution in [2.45, 2.75) is 84.2 Å². The first-order valence-electron chi connectivity index (χ1n) is 12.3. The molecule has 0 aromatic carbocycles. The second kappa shape index (κ2) is 20.6. The van der Waals surface area contributed by atoms with E-state index in [1.165, 1.54) is 51.4 Å². The van der Waals surface area contributed by atoms with Crippen molar-refractivity contribution >= 4 is 37.0 Å². The molecule has 0 saturated carbocycles. The molecular weight excluding hydrogens is 440 g/mol. The van der Waals surface area contributed by atoms with Gasteiger partial charge in [-0.3, -0.25) is 10.3 Å². The summed E-state index contributed by atoms with van der Waals surface area (Å²) in [7, 11) is 0. The lowest BCUT2D eigenvalue weighted by molar-refractivity contribution is 0.159. The number of carbonyl (C=O) groups excluding carboxylic acids is 1. The Hall–Kier alpha value is -0.960. The maximum Gasteiger partial charge on any atom is 0.411 e. The zero-order chi connectivity index (χ0) is 23.3. The number of hydrogen-bond donors (Lipinski definition) is 5. The van der Waals surface area contributed by atoms with Crippen LogP contribution in [0.3, 0.4) is 0 Å². The molecule has 0 atom stereocenters. The van der Waals surface area contributed by atoms with Crippen molar-refractivity contribution in [2.75, 3.05) is 36.5 Å². The quantitative estimate of drug-likeness (QED) is 0.123. The zero-order valence-electron chi connectivity index (χ0n) is 19.8. The normalized spacial score (nSPS) is 11.0. The van der Waals surface area contributed by atoms with E-state index in [9.17, 15) is 4.79 Å². The Morgan fingerprint density at radius 2 is 1.34 bits per heavy atom. The van der Waals surface area contributed by atoms with Crippen molar-refractivity contribution in [3.05, 3.63) is 23.5 Å². The van der Waals surface area contributed by atoms with E-state index in [1.807, 2.05) is 12.1 Å². The number of aromatic nitrogens is 1. The van der Waals surface area contributed by atoms with Crippen LogP contribution in [-0.2, 0) is 17.8 Å². The number of unbranched alkanes of at least 4 members (excludes halogenated alkanes) is 9. The van der Waals surface area contributed by atoms with E-state index >= 15 is 0 Å². The first kappa shape index (κ1) is 29.1. The number of rotatable bonds is 20. The topological polar surface area (TPSA) is 75.3 Å². The van der Waals surface area contributed by atoms with Gasteiger partial charge in [-0.25, -0.2) is 4.79 Å². The largest absolute Gasteiger partial charge is 0.449 e. The molecule has 0 bridgehead atoms. The molecule has 0 saturated heterocycles. The van der Waals surface area contributed by atoms with Gasteiger partial charge in [-0.15, -0.1) is 0 Å². The van der Waals surface area contributed by atoms with Gasteiger partial charge < -0.3 is 15.4 Å². The standard InChI is InChI=1S/C24H44N4O2S2/c1-2-3-4-5-6-7-8-9-10-11-14-30-24(29)28-21-17-22(19-25-12-15-31)27-23(18-21)20-26-13-16-32/h17-18,25-26,31-32H,2-16,19-20H2,1H3,(H,27,28,29). The second-order valence-corrected chi connectivity index (χ2v) is 8.98. The number of pyridine rings is 1. The van der Waals surface area contributed by atoms with E-state index in [0.29, 0.717) is 25.4 Å². The lowest BCUT2D eigenvalue weighted by Crippen LogP contribution is -2.21. The summed E-state index contributed by atoms with van der Waals surface area (Å²) in [5.74, 6) is 1.53. The van der Waals surface area contributed by atoms with Gasteiger partial charge in [0.2, 0.25) is 0 Å². The first-order chi connectivity index (χ1) is 15.7. The highest BCUT2D eigenvalue weighted by Gasteiger charge is 2.08. The van der Waals surface area contributed by atoms with Gasteiger partial charge in [0, 0.05) is 43.4 Å². The average molecular weight is 485 g/mol. The summed E-state index contributed by atoms with van der Waals surface area (Å²) in [6, 6.07) is 3.77. The molecular formula is C24H44N4O2S2. The summed E-state index contributed by atoms with van der Waals surface area (Å²) in [5, 5.41) is 9.42. The SMILES string of the molecule is CCCCCCCCCCCCOC(=O)Nc1cc(CNCCS)nc(CNCCS)c1. The van der Waals surface area contributed by atoms with Crippen LogP contribution in [0.1, 0.15) is 82.5 Å². The minimum absolute atomic E-state index is 0.407. The van der Waals surface area contributed by atoms with Gasteiger partial charge in [0.1, 0.15) is 0 Å². The van der Waals surface area contributed by atoms with Crippen LogP contribution in [0.5, 0.6) is 0 Å². The molecule has 1 aromatic heterocycles. The van der Waals surface area contributed by atoms with Gasteiger partial charge in [0.05, 0.1) is 18.0 Å². The van der Waals surface area contributed by atoms with Crippen molar-refractivity contribution in [1.29, 1.82) is 0 Å². The molecule has 1 heterocycles. The minimum atomic E-state index is -0.407. The summed E-state index contributed by atoms with van der Waals surface area (Å²) in [5.41, 5.74) is 2.46. The van der Waals surface area contributed by atoms with Crippen molar-refractivity contribution in [1.82, 2.24) is 15.6 Å². The van der Waals surface area contributed by atoms with Crippen LogP contribution in [0, 0.1) is 0 Å². The molecule has 8 heteroatoms. The van der Waals surface area contributed by atoms with Crippen molar-refractivity contribution in [3.8, 4) is 0 Å².